The molecular formula is C52H38O. The molecule has 0 aliphatic heterocycles. The van der Waals surface area contributed by atoms with E-state index in [0.29, 0.717) is 0 Å². The zero-order valence-corrected chi connectivity index (χ0v) is 30.0. The van der Waals surface area contributed by atoms with Crippen molar-refractivity contribution in [3.05, 3.63) is 186 Å². The Morgan fingerprint density at radius 2 is 0.943 bits per heavy atom. The van der Waals surface area contributed by atoms with Crippen LogP contribution in [0, 0.1) is 6.92 Å². The van der Waals surface area contributed by atoms with Crippen LogP contribution in [0.4, 0.5) is 0 Å². The summed E-state index contributed by atoms with van der Waals surface area (Å²) in [5.41, 5.74) is 9.68. The van der Waals surface area contributed by atoms with Crippen LogP contribution in [-0.4, -0.2) is 0 Å². The number of allylic oxidation sites excluding steroid dienone is 1. The van der Waals surface area contributed by atoms with Crippen LogP contribution in [0.1, 0.15) is 29.4 Å². The molecule has 0 saturated carbocycles. The maximum Gasteiger partial charge on any atom is 0.134 e. The molecule has 10 aromatic rings. The Kier molecular flexibility index (Phi) is 7.47. The molecule has 252 valence electrons. The molecule has 0 radical (unpaired) electrons. The predicted molar refractivity (Wildman–Crippen MR) is 228 cm³/mol. The first-order chi connectivity index (χ1) is 26.1. The number of benzene rings is 9. The lowest BCUT2D eigenvalue weighted by atomic mass is 9.91. The largest absolute Gasteiger partial charge is 0.460 e. The van der Waals surface area contributed by atoms with Crippen LogP contribution in [0.15, 0.2) is 168 Å². The summed E-state index contributed by atoms with van der Waals surface area (Å²) in [6.45, 7) is 4.34. The van der Waals surface area contributed by atoms with Crippen LogP contribution in [0.3, 0.4) is 0 Å². The van der Waals surface area contributed by atoms with E-state index in [1.54, 1.807) is 0 Å². The molecule has 1 aromatic heterocycles. The molecule has 0 aliphatic carbocycles. The molecule has 0 bridgehead atoms. The second kappa shape index (κ2) is 12.7. The van der Waals surface area contributed by atoms with Crippen molar-refractivity contribution in [3.63, 3.8) is 0 Å². The third kappa shape index (κ3) is 5.31. The van der Waals surface area contributed by atoms with Crippen LogP contribution in [0.25, 0.3) is 93.2 Å². The summed E-state index contributed by atoms with van der Waals surface area (Å²) >= 11 is 0. The Balaban J connectivity index is 1.00. The van der Waals surface area contributed by atoms with Gasteiger partial charge in [0.2, 0.25) is 0 Å². The second-order valence-electron chi connectivity index (χ2n) is 14.3. The van der Waals surface area contributed by atoms with Gasteiger partial charge in [0.05, 0.1) is 0 Å². The lowest BCUT2D eigenvalue weighted by Gasteiger charge is -2.13. The molecule has 1 heterocycles. The summed E-state index contributed by atoms with van der Waals surface area (Å²) in [7, 11) is 0. The topological polar surface area (TPSA) is 13.1 Å². The van der Waals surface area contributed by atoms with Crippen LogP contribution in [-0.2, 0) is 12.8 Å². The van der Waals surface area contributed by atoms with Crippen molar-refractivity contribution in [2.75, 3.05) is 0 Å². The Hall–Kier alpha value is -6.44. The van der Waals surface area contributed by atoms with Gasteiger partial charge >= 0.3 is 0 Å². The maximum absolute atomic E-state index is 6.33. The van der Waals surface area contributed by atoms with Gasteiger partial charge in [-0.2, -0.15) is 0 Å². The van der Waals surface area contributed by atoms with Gasteiger partial charge in [0.15, 0.2) is 0 Å². The third-order valence-corrected chi connectivity index (χ3v) is 11.3. The summed E-state index contributed by atoms with van der Waals surface area (Å²) in [4.78, 5) is 0. The average Bonchev–Trinajstić information content (AvgIpc) is 3.57. The standard InChI is InChI=1S/C52H38O/c1-3-51-48(18-10-13-34-12-5-4-11-33(34)2)50-32-38(24-28-52(50)53-51)36-22-26-42-40(30-36)20-19-39-29-35(21-25-41(39)42)37-23-27-47-45-16-7-6-14-43(45)44-15-8-9-17-46(44)49(47)31-37/h4-12,14-32H,3,13H2,1-2H3/b18-10-. The second-order valence-corrected chi connectivity index (χ2v) is 14.3. The van der Waals surface area contributed by atoms with Crippen LogP contribution in [0.5, 0.6) is 0 Å². The zero-order valence-electron chi connectivity index (χ0n) is 30.0. The van der Waals surface area contributed by atoms with Gasteiger partial charge in [0, 0.05) is 17.4 Å². The zero-order chi connectivity index (χ0) is 35.5. The Labute approximate surface area is 309 Å². The molecular weight excluding hydrogens is 641 g/mol. The van der Waals surface area contributed by atoms with E-state index in [9.17, 15) is 0 Å². The van der Waals surface area contributed by atoms with Gasteiger partial charge in [-0.05, 0) is 131 Å². The minimum atomic E-state index is 0.855. The molecule has 0 fully saturated rings. The molecule has 0 aliphatic rings. The van der Waals surface area contributed by atoms with Crippen molar-refractivity contribution in [2.45, 2.75) is 26.7 Å². The number of furan rings is 1. The number of hydrogen-bond donors (Lipinski definition) is 0. The first-order valence-corrected chi connectivity index (χ1v) is 18.7. The van der Waals surface area contributed by atoms with Crippen molar-refractivity contribution in [1.29, 1.82) is 0 Å². The molecule has 53 heavy (non-hydrogen) atoms. The molecule has 1 nitrogen and oxygen atoms in total. The van der Waals surface area contributed by atoms with Crippen LogP contribution in [0.2, 0.25) is 0 Å². The lowest BCUT2D eigenvalue weighted by molar-refractivity contribution is 0.556. The average molecular weight is 679 g/mol. The van der Waals surface area contributed by atoms with Gasteiger partial charge in [0.25, 0.3) is 0 Å². The quantitative estimate of drug-likeness (QED) is 0.160. The fourth-order valence-corrected chi connectivity index (χ4v) is 8.45. The highest BCUT2D eigenvalue weighted by Gasteiger charge is 2.14. The van der Waals surface area contributed by atoms with Crippen molar-refractivity contribution < 1.29 is 4.42 Å². The fraction of sp³-hybridized carbons (Fsp3) is 0.0769. The monoisotopic (exact) mass is 678 g/mol. The van der Waals surface area contributed by atoms with E-state index in [0.717, 1.165) is 24.2 Å². The van der Waals surface area contributed by atoms with Gasteiger partial charge in [-0.3, -0.25) is 0 Å². The number of aryl methyl sites for hydroxylation is 2. The molecule has 0 spiro atoms. The van der Waals surface area contributed by atoms with Crippen LogP contribution >= 0.6 is 0 Å². The first kappa shape index (κ1) is 31.3. The summed E-state index contributed by atoms with van der Waals surface area (Å²) in [6.07, 6.45) is 6.28. The van der Waals surface area contributed by atoms with E-state index in [-0.39, 0.29) is 0 Å². The van der Waals surface area contributed by atoms with E-state index in [1.807, 2.05) is 0 Å². The van der Waals surface area contributed by atoms with E-state index >= 15 is 0 Å². The Morgan fingerprint density at radius 1 is 0.453 bits per heavy atom. The summed E-state index contributed by atoms with van der Waals surface area (Å²) in [6, 6.07) is 58.1. The number of hydrogen-bond acceptors (Lipinski definition) is 1. The Bertz CT molecular complexity index is 3050. The third-order valence-electron chi connectivity index (χ3n) is 11.3. The van der Waals surface area contributed by atoms with Crippen molar-refractivity contribution in [3.8, 4) is 22.3 Å². The highest BCUT2D eigenvalue weighted by atomic mass is 16.3. The molecule has 0 N–H and O–H groups in total. The lowest BCUT2D eigenvalue weighted by Crippen LogP contribution is -1.86. The highest BCUT2D eigenvalue weighted by Crippen LogP contribution is 2.39. The number of fused-ring (bicyclic) bond motifs is 10. The molecule has 0 amide bonds. The van der Waals surface area contributed by atoms with Gasteiger partial charge in [0.1, 0.15) is 11.3 Å². The summed E-state index contributed by atoms with van der Waals surface area (Å²) in [5, 5.41) is 14.0. The molecule has 9 aromatic carbocycles. The molecule has 0 unspecified atom stereocenters. The van der Waals surface area contributed by atoms with Gasteiger partial charge in [-0.25, -0.2) is 0 Å². The van der Waals surface area contributed by atoms with E-state index in [1.165, 1.54) is 98.2 Å². The highest BCUT2D eigenvalue weighted by molar-refractivity contribution is 6.25. The first-order valence-electron chi connectivity index (χ1n) is 18.7. The van der Waals surface area contributed by atoms with Crippen LogP contribution < -0.4 is 0 Å². The molecule has 10 rings (SSSR count). The normalized spacial score (nSPS) is 12.0. The summed E-state index contributed by atoms with van der Waals surface area (Å²) < 4.78 is 6.33. The minimum absolute atomic E-state index is 0.855. The maximum atomic E-state index is 6.33. The molecule has 1 heteroatoms. The predicted octanol–water partition coefficient (Wildman–Crippen LogP) is 14.7. The summed E-state index contributed by atoms with van der Waals surface area (Å²) in [5.74, 6) is 1.04. The Morgan fingerprint density at radius 3 is 1.55 bits per heavy atom. The number of rotatable bonds is 6. The molecule has 0 atom stereocenters. The van der Waals surface area contributed by atoms with E-state index < -0.39 is 0 Å². The van der Waals surface area contributed by atoms with Crippen molar-refractivity contribution >= 4 is 70.9 Å². The van der Waals surface area contributed by atoms with Gasteiger partial charge in [-0.1, -0.05) is 146 Å². The van der Waals surface area contributed by atoms with Crippen molar-refractivity contribution in [2.24, 2.45) is 0 Å². The van der Waals surface area contributed by atoms with Crippen molar-refractivity contribution in [1.82, 2.24) is 0 Å². The van der Waals surface area contributed by atoms with E-state index in [4.69, 9.17) is 4.42 Å². The minimum Gasteiger partial charge on any atom is -0.460 e. The van der Waals surface area contributed by atoms with Gasteiger partial charge < -0.3 is 4.42 Å². The fourth-order valence-electron chi connectivity index (χ4n) is 8.45. The molecule has 0 saturated heterocycles. The SMILES string of the molecule is CCc1oc2ccc(-c3ccc4c(ccc5cc(-c6ccc7c8ccccc8c8ccccc8c7c6)ccc54)c3)cc2c1/C=C\Cc1ccccc1C. The van der Waals surface area contributed by atoms with Gasteiger partial charge in [-0.15, -0.1) is 0 Å². The van der Waals surface area contributed by atoms with E-state index in [2.05, 4.69) is 184 Å². The smallest absolute Gasteiger partial charge is 0.134 e.